The van der Waals surface area contributed by atoms with E-state index in [4.69, 9.17) is 4.98 Å². The molecule has 0 spiro atoms. The second-order valence-electron chi connectivity index (χ2n) is 11.3. The molecule has 0 bridgehead atoms. The van der Waals surface area contributed by atoms with Gasteiger partial charge in [0.1, 0.15) is 5.82 Å². The van der Waals surface area contributed by atoms with Crippen LogP contribution in [-0.2, 0) is 5.54 Å². The summed E-state index contributed by atoms with van der Waals surface area (Å²) in [7, 11) is 0. The molecule has 2 fully saturated rings. The zero-order valence-corrected chi connectivity index (χ0v) is 22.8. The standard InChI is InChI=1S/C33H28F2N4O3/c34-33(35)13-6-17-38(18-16-33)28-26(19-21-7-1-4-12-27(21)37-28)29(40)36-23-9-5-8-22(20-23)32(14-15-32)39-30(41)24-10-2-3-11-25(24)31(39)42/h1-5,7-12,19-20H,6,13-18H2,(H,36,40). The van der Waals surface area contributed by atoms with Crippen LogP contribution in [0.15, 0.2) is 78.9 Å². The monoisotopic (exact) mass is 566 g/mol. The lowest BCUT2D eigenvalue weighted by molar-refractivity contribution is -0.0102. The number of aromatic nitrogens is 1. The van der Waals surface area contributed by atoms with E-state index < -0.39 is 17.4 Å². The molecule has 4 aromatic rings. The Hall–Kier alpha value is -4.66. The molecule has 0 radical (unpaired) electrons. The lowest BCUT2D eigenvalue weighted by Crippen LogP contribution is -2.40. The van der Waals surface area contributed by atoms with E-state index >= 15 is 0 Å². The lowest BCUT2D eigenvalue weighted by atomic mass is 10.0. The average molecular weight is 567 g/mol. The van der Waals surface area contributed by atoms with Crippen LogP contribution < -0.4 is 10.2 Å². The number of carbonyl (C=O) groups is 3. The van der Waals surface area contributed by atoms with Crippen molar-refractivity contribution >= 4 is 40.1 Å². The smallest absolute Gasteiger partial charge is 0.262 e. The van der Waals surface area contributed by atoms with Gasteiger partial charge in [-0.05, 0) is 61.2 Å². The second kappa shape index (κ2) is 9.72. The van der Waals surface area contributed by atoms with Crippen molar-refractivity contribution in [3.8, 4) is 0 Å². The summed E-state index contributed by atoms with van der Waals surface area (Å²) >= 11 is 0. The number of para-hydroxylation sites is 1. The molecule has 7 rings (SSSR count). The number of imide groups is 1. The Bertz CT molecular complexity index is 1730. The molecule has 1 aromatic heterocycles. The van der Waals surface area contributed by atoms with Gasteiger partial charge in [0.15, 0.2) is 0 Å². The maximum atomic E-state index is 14.2. The van der Waals surface area contributed by atoms with Crippen molar-refractivity contribution in [3.05, 3.63) is 101 Å². The van der Waals surface area contributed by atoms with Gasteiger partial charge in [-0.1, -0.05) is 42.5 Å². The van der Waals surface area contributed by atoms with Gasteiger partial charge in [0.2, 0.25) is 5.92 Å². The number of anilines is 2. The normalized spacial score (nSPS) is 19.0. The van der Waals surface area contributed by atoms with Crippen molar-refractivity contribution < 1.29 is 23.2 Å². The molecule has 1 saturated heterocycles. The maximum absolute atomic E-state index is 14.2. The number of alkyl halides is 2. The zero-order valence-electron chi connectivity index (χ0n) is 22.8. The van der Waals surface area contributed by atoms with Crippen LogP contribution in [0.2, 0.25) is 0 Å². The Morgan fingerprint density at radius 3 is 2.26 bits per heavy atom. The van der Waals surface area contributed by atoms with E-state index in [2.05, 4.69) is 5.32 Å². The number of amides is 3. The molecule has 1 N–H and O–H groups in total. The van der Waals surface area contributed by atoms with Crippen molar-refractivity contribution in [3.63, 3.8) is 0 Å². The van der Waals surface area contributed by atoms with Crippen LogP contribution in [-0.4, -0.2) is 46.6 Å². The molecule has 212 valence electrons. The summed E-state index contributed by atoms with van der Waals surface area (Å²) in [6.45, 7) is 0.469. The third-order valence-electron chi connectivity index (χ3n) is 8.57. The van der Waals surface area contributed by atoms with Crippen LogP contribution in [0.4, 0.5) is 20.3 Å². The van der Waals surface area contributed by atoms with E-state index in [1.165, 1.54) is 4.90 Å². The first-order chi connectivity index (χ1) is 20.3. The minimum atomic E-state index is -2.74. The van der Waals surface area contributed by atoms with Gasteiger partial charge >= 0.3 is 0 Å². The number of rotatable bonds is 5. The highest BCUT2D eigenvalue weighted by molar-refractivity contribution is 6.22. The fourth-order valence-corrected chi connectivity index (χ4v) is 6.21. The summed E-state index contributed by atoms with van der Waals surface area (Å²) in [6.07, 6.45) is 1.07. The molecule has 1 aliphatic carbocycles. The predicted octanol–water partition coefficient (Wildman–Crippen LogP) is 6.40. The van der Waals surface area contributed by atoms with E-state index in [1.54, 1.807) is 53.4 Å². The Kier molecular flexibility index (Phi) is 6.07. The number of halogens is 2. The van der Waals surface area contributed by atoms with E-state index in [0.29, 0.717) is 59.5 Å². The van der Waals surface area contributed by atoms with E-state index in [9.17, 15) is 23.2 Å². The minimum Gasteiger partial charge on any atom is -0.356 e. The molecular weight excluding hydrogens is 538 g/mol. The summed E-state index contributed by atoms with van der Waals surface area (Å²) < 4.78 is 28.3. The maximum Gasteiger partial charge on any atom is 0.262 e. The molecule has 42 heavy (non-hydrogen) atoms. The van der Waals surface area contributed by atoms with Gasteiger partial charge in [0, 0.05) is 37.0 Å². The van der Waals surface area contributed by atoms with Gasteiger partial charge in [-0.25, -0.2) is 13.8 Å². The van der Waals surface area contributed by atoms with E-state index in [0.717, 1.165) is 10.9 Å². The molecule has 3 amide bonds. The molecule has 7 nitrogen and oxygen atoms in total. The third-order valence-corrected chi connectivity index (χ3v) is 8.57. The van der Waals surface area contributed by atoms with Crippen LogP contribution >= 0.6 is 0 Å². The number of carbonyl (C=O) groups excluding carboxylic acids is 3. The second-order valence-corrected chi connectivity index (χ2v) is 11.3. The first-order valence-corrected chi connectivity index (χ1v) is 14.2. The highest BCUT2D eigenvalue weighted by Gasteiger charge is 2.57. The number of hydrogen-bond donors (Lipinski definition) is 1. The van der Waals surface area contributed by atoms with Crippen molar-refractivity contribution in [2.45, 2.75) is 43.6 Å². The van der Waals surface area contributed by atoms with Crippen molar-refractivity contribution in [2.75, 3.05) is 23.3 Å². The Morgan fingerprint density at radius 2 is 1.52 bits per heavy atom. The molecule has 3 aromatic carbocycles. The Balaban J connectivity index is 1.20. The summed E-state index contributed by atoms with van der Waals surface area (Å²) in [4.78, 5) is 48.2. The number of fused-ring (bicyclic) bond motifs is 2. The molecule has 0 atom stereocenters. The van der Waals surface area contributed by atoms with E-state index in [1.807, 2.05) is 30.3 Å². The Morgan fingerprint density at radius 1 is 0.810 bits per heavy atom. The van der Waals surface area contributed by atoms with Crippen LogP contribution in [0.5, 0.6) is 0 Å². The van der Waals surface area contributed by atoms with Crippen LogP contribution in [0.3, 0.4) is 0 Å². The fourth-order valence-electron chi connectivity index (χ4n) is 6.21. The summed E-state index contributed by atoms with van der Waals surface area (Å²) in [5.41, 5.74) is 2.29. The number of nitrogens with one attached hydrogen (secondary N) is 1. The quantitative estimate of drug-likeness (QED) is 0.283. The third kappa shape index (κ3) is 4.40. The predicted molar refractivity (Wildman–Crippen MR) is 155 cm³/mol. The van der Waals surface area contributed by atoms with Crippen LogP contribution in [0.1, 0.15) is 68.7 Å². The Labute approximate surface area is 241 Å². The molecule has 1 saturated carbocycles. The molecule has 2 aliphatic heterocycles. The van der Waals surface area contributed by atoms with Gasteiger partial charge in [0.05, 0.1) is 27.7 Å². The molecule has 3 heterocycles. The molecule has 3 aliphatic rings. The van der Waals surface area contributed by atoms with Crippen molar-refractivity contribution in [2.24, 2.45) is 0 Å². The highest BCUT2D eigenvalue weighted by atomic mass is 19.3. The number of hydrogen-bond acceptors (Lipinski definition) is 5. The van der Waals surface area contributed by atoms with Crippen molar-refractivity contribution in [1.82, 2.24) is 9.88 Å². The number of pyridine rings is 1. The summed E-state index contributed by atoms with van der Waals surface area (Å²) in [5, 5.41) is 3.73. The van der Waals surface area contributed by atoms with Gasteiger partial charge in [0.25, 0.3) is 17.7 Å². The largest absolute Gasteiger partial charge is 0.356 e. The lowest BCUT2D eigenvalue weighted by Gasteiger charge is -2.27. The summed E-state index contributed by atoms with van der Waals surface area (Å²) in [5.74, 6) is -3.39. The topological polar surface area (TPSA) is 82.6 Å². The highest BCUT2D eigenvalue weighted by Crippen LogP contribution is 2.54. The first kappa shape index (κ1) is 26.3. The van der Waals surface area contributed by atoms with E-state index in [-0.39, 0.29) is 31.2 Å². The number of nitrogens with zero attached hydrogens (tertiary/aromatic N) is 3. The molecular formula is C33H28F2N4O3. The fraction of sp³-hybridized carbons (Fsp3) is 0.273. The first-order valence-electron chi connectivity index (χ1n) is 14.2. The van der Waals surface area contributed by atoms with Gasteiger partial charge in [-0.3, -0.25) is 19.3 Å². The minimum absolute atomic E-state index is 0.0942. The molecule has 9 heteroatoms. The van der Waals surface area contributed by atoms with Gasteiger partial charge in [-0.2, -0.15) is 0 Å². The zero-order chi connectivity index (χ0) is 29.1. The average Bonchev–Trinajstić information content (AvgIpc) is 3.77. The molecule has 0 unspecified atom stereocenters. The van der Waals surface area contributed by atoms with Gasteiger partial charge < -0.3 is 10.2 Å². The SMILES string of the molecule is O=C(Nc1cccc(C2(N3C(=O)c4ccccc4C3=O)CC2)c1)c1cc2ccccc2nc1N1CCCC(F)(F)CC1. The van der Waals surface area contributed by atoms with Crippen LogP contribution in [0, 0.1) is 0 Å². The number of benzene rings is 3. The summed E-state index contributed by atoms with van der Waals surface area (Å²) in [6, 6.07) is 23.2. The van der Waals surface area contributed by atoms with Crippen LogP contribution in [0.25, 0.3) is 10.9 Å². The van der Waals surface area contributed by atoms with Gasteiger partial charge in [-0.15, -0.1) is 0 Å². The van der Waals surface area contributed by atoms with Crippen molar-refractivity contribution in [1.29, 1.82) is 0 Å².